The number of nitrogens with one attached hydrogen (secondary N) is 1. The first kappa shape index (κ1) is 13.8. The molecule has 1 aromatic carbocycles. The zero-order valence-corrected chi connectivity index (χ0v) is 10.4. The highest BCUT2D eigenvalue weighted by Gasteiger charge is 2.43. The molecule has 0 saturated carbocycles. The number of hydrogen-bond acceptors (Lipinski definition) is 5. The Kier molecular flexibility index (Phi) is 4.06. The van der Waals surface area contributed by atoms with Crippen LogP contribution in [0.3, 0.4) is 0 Å². The third-order valence-electron chi connectivity index (χ3n) is 2.46. The second-order valence-electron chi connectivity index (χ2n) is 4.02. The van der Waals surface area contributed by atoms with Crippen LogP contribution in [-0.2, 0) is 4.74 Å². The Morgan fingerprint density at radius 1 is 1.37 bits per heavy atom. The van der Waals surface area contributed by atoms with Gasteiger partial charge in [0.25, 0.3) is 0 Å². The van der Waals surface area contributed by atoms with Crippen molar-refractivity contribution in [3.63, 3.8) is 0 Å². The predicted octanol–water partition coefficient (Wildman–Crippen LogP) is 1.82. The number of hydrogen-bond donors (Lipinski definition) is 2. The second kappa shape index (κ2) is 5.58. The third kappa shape index (κ3) is 3.68. The summed E-state index contributed by atoms with van der Waals surface area (Å²) in [7, 11) is 0. The maximum atomic E-state index is 12.8. The quantitative estimate of drug-likeness (QED) is 0.829. The summed E-state index contributed by atoms with van der Waals surface area (Å²) in [5.41, 5.74) is 0.551. The average Bonchev–Trinajstić information content (AvgIpc) is 2.66. The minimum Gasteiger partial charge on any atom is -0.395 e. The molecule has 19 heavy (non-hydrogen) atoms. The Balaban J connectivity index is 1.90. The van der Waals surface area contributed by atoms with E-state index in [0.717, 1.165) is 0 Å². The molecular formula is C12H15F2NO4. The van der Waals surface area contributed by atoms with Gasteiger partial charge >= 0.3 is 6.29 Å². The highest BCUT2D eigenvalue weighted by atomic mass is 19.3. The number of aliphatic hydroxyl groups is 1. The summed E-state index contributed by atoms with van der Waals surface area (Å²) >= 11 is 0. The summed E-state index contributed by atoms with van der Waals surface area (Å²) in [6, 6.07) is 4.34. The number of anilines is 1. The first-order chi connectivity index (χ1) is 9.00. The minimum absolute atomic E-state index is 0.00888. The molecule has 1 heterocycles. The number of fused-ring (bicyclic) bond motifs is 1. The second-order valence-corrected chi connectivity index (χ2v) is 4.02. The van der Waals surface area contributed by atoms with Crippen LogP contribution in [0.1, 0.15) is 6.92 Å². The maximum Gasteiger partial charge on any atom is 0.586 e. The molecule has 0 saturated heterocycles. The topological polar surface area (TPSA) is 60.0 Å². The van der Waals surface area contributed by atoms with Gasteiger partial charge < -0.3 is 24.6 Å². The Labute approximate surface area is 109 Å². The molecule has 1 aliphatic rings. The molecule has 7 heteroatoms. The largest absolute Gasteiger partial charge is 0.586 e. The SMILES string of the molecule is CCOCC(O)CNc1ccc2c(c1)OC(F)(F)O2. The van der Waals surface area contributed by atoms with Crippen molar-refractivity contribution < 1.29 is 28.1 Å². The van der Waals surface area contributed by atoms with Crippen LogP contribution in [0.25, 0.3) is 0 Å². The van der Waals surface area contributed by atoms with Gasteiger partial charge in [0.15, 0.2) is 11.5 Å². The van der Waals surface area contributed by atoms with Gasteiger partial charge in [-0.1, -0.05) is 0 Å². The van der Waals surface area contributed by atoms with E-state index < -0.39 is 12.4 Å². The Morgan fingerprint density at radius 2 is 2.11 bits per heavy atom. The maximum absolute atomic E-state index is 12.8. The lowest BCUT2D eigenvalue weighted by Crippen LogP contribution is -2.26. The van der Waals surface area contributed by atoms with Crippen molar-refractivity contribution in [1.29, 1.82) is 0 Å². The number of benzene rings is 1. The minimum atomic E-state index is -3.62. The van der Waals surface area contributed by atoms with Gasteiger partial charge in [-0.3, -0.25) is 0 Å². The molecule has 1 aliphatic heterocycles. The van der Waals surface area contributed by atoms with Gasteiger partial charge in [0.05, 0.1) is 12.7 Å². The number of rotatable bonds is 6. The van der Waals surface area contributed by atoms with Gasteiger partial charge in [-0.2, -0.15) is 0 Å². The van der Waals surface area contributed by atoms with Crippen LogP contribution in [-0.4, -0.2) is 37.3 Å². The molecule has 1 aromatic rings. The van der Waals surface area contributed by atoms with E-state index in [9.17, 15) is 13.9 Å². The molecule has 0 amide bonds. The molecule has 2 rings (SSSR count). The van der Waals surface area contributed by atoms with Gasteiger partial charge in [0, 0.05) is 24.9 Å². The van der Waals surface area contributed by atoms with Crippen LogP contribution in [0.2, 0.25) is 0 Å². The van der Waals surface area contributed by atoms with Gasteiger partial charge in [0.2, 0.25) is 0 Å². The summed E-state index contributed by atoms with van der Waals surface area (Å²) in [4.78, 5) is 0. The normalized spacial score (nSPS) is 17.3. The lowest BCUT2D eigenvalue weighted by atomic mass is 10.2. The van der Waals surface area contributed by atoms with E-state index in [-0.39, 0.29) is 24.7 Å². The van der Waals surface area contributed by atoms with E-state index >= 15 is 0 Å². The van der Waals surface area contributed by atoms with Crippen molar-refractivity contribution in [2.45, 2.75) is 19.3 Å². The van der Waals surface area contributed by atoms with Gasteiger partial charge in [0.1, 0.15) is 0 Å². The van der Waals surface area contributed by atoms with E-state index in [1.165, 1.54) is 12.1 Å². The molecule has 0 aliphatic carbocycles. The van der Waals surface area contributed by atoms with Crippen molar-refractivity contribution in [2.75, 3.05) is 25.1 Å². The Morgan fingerprint density at radius 3 is 2.84 bits per heavy atom. The van der Waals surface area contributed by atoms with E-state index in [4.69, 9.17) is 4.74 Å². The lowest BCUT2D eigenvalue weighted by molar-refractivity contribution is -0.286. The molecule has 0 bridgehead atoms. The zero-order valence-electron chi connectivity index (χ0n) is 10.4. The van der Waals surface area contributed by atoms with Crippen molar-refractivity contribution in [3.8, 4) is 11.5 Å². The standard InChI is InChI=1S/C12H15F2NO4/c1-2-17-7-9(16)6-15-8-3-4-10-11(5-8)19-12(13,14)18-10/h3-5,9,15-16H,2,6-7H2,1H3. The number of halogens is 2. The molecule has 1 atom stereocenters. The zero-order chi connectivity index (χ0) is 13.9. The highest BCUT2D eigenvalue weighted by Crippen LogP contribution is 2.42. The van der Waals surface area contributed by atoms with E-state index in [1.807, 2.05) is 6.92 Å². The summed E-state index contributed by atoms with van der Waals surface area (Å²) < 4.78 is 39.3. The van der Waals surface area contributed by atoms with Crippen molar-refractivity contribution in [3.05, 3.63) is 18.2 Å². The summed E-state index contributed by atoms with van der Waals surface area (Å²) in [6.07, 6.45) is -4.29. The fourth-order valence-electron chi connectivity index (χ4n) is 1.61. The molecule has 0 aromatic heterocycles. The van der Waals surface area contributed by atoms with E-state index in [1.54, 1.807) is 6.07 Å². The molecule has 106 valence electrons. The van der Waals surface area contributed by atoms with Crippen LogP contribution in [0.15, 0.2) is 18.2 Å². The highest BCUT2D eigenvalue weighted by molar-refractivity contribution is 5.55. The molecule has 0 spiro atoms. The molecule has 1 unspecified atom stereocenters. The predicted molar refractivity (Wildman–Crippen MR) is 63.6 cm³/mol. The molecule has 5 nitrogen and oxygen atoms in total. The molecule has 0 radical (unpaired) electrons. The van der Waals surface area contributed by atoms with Crippen molar-refractivity contribution in [1.82, 2.24) is 0 Å². The fraction of sp³-hybridized carbons (Fsp3) is 0.500. The first-order valence-corrected chi connectivity index (χ1v) is 5.90. The first-order valence-electron chi connectivity index (χ1n) is 5.90. The Hall–Kier alpha value is -1.60. The fourth-order valence-corrected chi connectivity index (χ4v) is 1.61. The summed E-state index contributed by atoms with van der Waals surface area (Å²) in [6.45, 7) is 2.82. The van der Waals surface area contributed by atoms with E-state index in [0.29, 0.717) is 12.3 Å². The van der Waals surface area contributed by atoms with Crippen LogP contribution >= 0.6 is 0 Å². The lowest BCUT2D eigenvalue weighted by Gasteiger charge is -2.12. The van der Waals surface area contributed by atoms with Crippen molar-refractivity contribution in [2.24, 2.45) is 0 Å². The number of aliphatic hydroxyl groups excluding tert-OH is 1. The van der Waals surface area contributed by atoms with Gasteiger partial charge in [-0.05, 0) is 19.1 Å². The summed E-state index contributed by atoms with van der Waals surface area (Å²) in [5, 5.41) is 12.5. The number of alkyl halides is 2. The molecule has 2 N–H and O–H groups in total. The summed E-state index contributed by atoms with van der Waals surface area (Å²) in [5.74, 6) is -0.0419. The average molecular weight is 275 g/mol. The van der Waals surface area contributed by atoms with Crippen molar-refractivity contribution >= 4 is 5.69 Å². The van der Waals surface area contributed by atoms with Crippen LogP contribution < -0.4 is 14.8 Å². The molecule has 0 fully saturated rings. The van der Waals surface area contributed by atoms with Gasteiger partial charge in [-0.25, -0.2) is 0 Å². The molecular weight excluding hydrogens is 260 g/mol. The van der Waals surface area contributed by atoms with Crippen LogP contribution in [0, 0.1) is 0 Å². The number of ether oxygens (including phenoxy) is 3. The van der Waals surface area contributed by atoms with Gasteiger partial charge in [-0.15, -0.1) is 8.78 Å². The monoisotopic (exact) mass is 275 g/mol. The Bertz CT molecular complexity index is 442. The third-order valence-corrected chi connectivity index (χ3v) is 2.46. The van der Waals surface area contributed by atoms with Crippen LogP contribution in [0.4, 0.5) is 14.5 Å². The smallest absolute Gasteiger partial charge is 0.395 e. The van der Waals surface area contributed by atoms with Crippen LogP contribution in [0.5, 0.6) is 11.5 Å². The van der Waals surface area contributed by atoms with E-state index in [2.05, 4.69) is 14.8 Å².